The lowest BCUT2D eigenvalue weighted by atomic mass is 9.89. The Kier molecular flexibility index (Phi) is 3.45. The summed E-state index contributed by atoms with van der Waals surface area (Å²) in [5.41, 5.74) is 6.74. The molecule has 0 aliphatic carbocycles. The van der Waals surface area contributed by atoms with E-state index < -0.39 is 4.32 Å². The van der Waals surface area contributed by atoms with E-state index in [4.69, 9.17) is 5.73 Å². The normalized spacial score (nSPS) is 17.1. The first kappa shape index (κ1) is 11.4. The number of halogens is 1. The van der Waals surface area contributed by atoms with Crippen molar-refractivity contribution in [1.82, 2.24) is 0 Å². The Hall–Kier alpha value is -0.670. The van der Waals surface area contributed by atoms with Gasteiger partial charge in [-0.15, -0.1) is 0 Å². The number of Topliss-reactive ketones (excluding diaryl/α,β-unsaturated/α-hetero) is 1. The predicted octanol–water partition coefficient (Wildman–Crippen LogP) is 2.21. The van der Waals surface area contributed by atoms with Crippen LogP contribution in [0.5, 0.6) is 0 Å². The van der Waals surface area contributed by atoms with Gasteiger partial charge in [0.05, 0.1) is 0 Å². The Balaban J connectivity index is 3.20. The van der Waals surface area contributed by atoms with E-state index in [1.807, 2.05) is 37.3 Å². The second-order valence-corrected chi connectivity index (χ2v) is 4.67. The van der Waals surface area contributed by atoms with Gasteiger partial charge in [-0.2, -0.15) is 0 Å². The molecule has 2 atom stereocenters. The van der Waals surface area contributed by atoms with E-state index in [1.165, 1.54) is 0 Å². The van der Waals surface area contributed by atoms with Crippen molar-refractivity contribution in [2.45, 2.75) is 24.2 Å². The number of carbonyl (C=O) groups is 1. The third-order valence-corrected chi connectivity index (χ3v) is 4.07. The van der Waals surface area contributed by atoms with Crippen LogP contribution >= 0.6 is 15.9 Å². The molecule has 0 saturated heterocycles. The van der Waals surface area contributed by atoms with Crippen molar-refractivity contribution in [1.29, 1.82) is 0 Å². The maximum absolute atomic E-state index is 11.6. The van der Waals surface area contributed by atoms with Crippen molar-refractivity contribution in [2.24, 2.45) is 5.73 Å². The smallest absolute Gasteiger partial charge is 0.152 e. The van der Waals surface area contributed by atoms with Crippen LogP contribution in [-0.2, 0) is 9.12 Å². The zero-order valence-electron chi connectivity index (χ0n) is 8.33. The highest BCUT2D eigenvalue weighted by Gasteiger charge is 2.37. The van der Waals surface area contributed by atoms with Crippen molar-refractivity contribution in [3.8, 4) is 0 Å². The van der Waals surface area contributed by atoms with Crippen molar-refractivity contribution in [3.05, 3.63) is 35.9 Å². The fraction of sp³-hybridized carbons (Fsp3) is 0.364. The van der Waals surface area contributed by atoms with Gasteiger partial charge in [-0.1, -0.05) is 46.3 Å². The molecular formula is C11H14BrNO. The second-order valence-electron chi connectivity index (χ2n) is 3.42. The summed E-state index contributed by atoms with van der Waals surface area (Å²) >= 11 is 3.45. The van der Waals surface area contributed by atoms with E-state index in [0.29, 0.717) is 0 Å². The number of ketones is 1. The molecule has 1 aromatic rings. The van der Waals surface area contributed by atoms with Gasteiger partial charge in [0, 0.05) is 6.04 Å². The first-order chi connectivity index (χ1) is 6.49. The first-order valence-corrected chi connectivity index (χ1v) is 5.30. The lowest BCUT2D eigenvalue weighted by molar-refractivity contribution is -0.119. The van der Waals surface area contributed by atoms with E-state index in [2.05, 4.69) is 15.9 Å². The van der Waals surface area contributed by atoms with Crippen LogP contribution in [0.4, 0.5) is 0 Å². The van der Waals surface area contributed by atoms with Crippen molar-refractivity contribution < 1.29 is 4.79 Å². The van der Waals surface area contributed by atoms with Crippen LogP contribution in [0.2, 0.25) is 0 Å². The van der Waals surface area contributed by atoms with Gasteiger partial charge in [0.15, 0.2) is 5.78 Å². The minimum absolute atomic E-state index is 0.0266. The summed E-state index contributed by atoms with van der Waals surface area (Å²) in [6.45, 7) is 3.37. The molecule has 14 heavy (non-hydrogen) atoms. The SMILES string of the molecule is CC(=O)C(Br)(c1ccccc1)C(C)N. The van der Waals surface area contributed by atoms with Gasteiger partial charge in [0.25, 0.3) is 0 Å². The summed E-state index contributed by atoms with van der Waals surface area (Å²) in [5.74, 6) is 0.0266. The van der Waals surface area contributed by atoms with Gasteiger partial charge < -0.3 is 5.73 Å². The average molecular weight is 256 g/mol. The Labute approximate surface area is 92.6 Å². The summed E-state index contributed by atoms with van der Waals surface area (Å²) in [4.78, 5) is 11.6. The third kappa shape index (κ3) is 1.88. The molecule has 0 heterocycles. The van der Waals surface area contributed by atoms with Gasteiger partial charge in [-0.25, -0.2) is 0 Å². The number of benzene rings is 1. The van der Waals surface area contributed by atoms with Crippen molar-refractivity contribution >= 4 is 21.7 Å². The molecule has 1 aromatic carbocycles. The zero-order chi connectivity index (χ0) is 10.8. The second kappa shape index (κ2) is 4.24. The molecule has 2 unspecified atom stereocenters. The van der Waals surface area contributed by atoms with Crippen molar-refractivity contribution in [2.75, 3.05) is 0 Å². The predicted molar refractivity (Wildman–Crippen MR) is 61.4 cm³/mol. The van der Waals surface area contributed by atoms with Crippen LogP contribution < -0.4 is 5.73 Å². The molecule has 0 aliphatic heterocycles. The fourth-order valence-corrected chi connectivity index (χ4v) is 1.73. The molecule has 0 spiro atoms. The molecule has 3 heteroatoms. The molecule has 0 aliphatic rings. The Bertz CT molecular complexity index is 323. The molecular weight excluding hydrogens is 242 g/mol. The number of hydrogen-bond donors (Lipinski definition) is 1. The molecule has 0 radical (unpaired) electrons. The lowest BCUT2D eigenvalue weighted by Crippen LogP contribution is -2.43. The van der Waals surface area contributed by atoms with E-state index in [0.717, 1.165) is 5.56 Å². The Morgan fingerprint density at radius 3 is 2.29 bits per heavy atom. The number of carbonyl (C=O) groups excluding carboxylic acids is 1. The number of hydrogen-bond acceptors (Lipinski definition) is 2. The average Bonchev–Trinajstić information content (AvgIpc) is 2.17. The first-order valence-electron chi connectivity index (χ1n) is 4.50. The maximum atomic E-state index is 11.6. The standard InChI is InChI=1S/C11H14BrNO/c1-8(13)11(12,9(2)14)10-6-4-3-5-7-10/h3-8H,13H2,1-2H3. The molecule has 2 N–H and O–H groups in total. The Morgan fingerprint density at radius 2 is 1.93 bits per heavy atom. The molecule has 0 amide bonds. The molecule has 0 fully saturated rings. The van der Waals surface area contributed by atoms with Gasteiger partial charge in [-0.3, -0.25) is 4.79 Å². The minimum Gasteiger partial charge on any atom is -0.326 e. The summed E-state index contributed by atoms with van der Waals surface area (Å²) < 4.78 is -0.756. The monoisotopic (exact) mass is 255 g/mol. The van der Waals surface area contributed by atoms with Gasteiger partial charge in [0.2, 0.25) is 0 Å². The zero-order valence-corrected chi connectivity index (χ0v) is 9.91. The molecule has 0 saturated carbocycles. The Morgan fingerprint density at radius 1 is 1.43 bits per heavy atom. The third-order valence-electron chi connectivity index (χ3n) is 2.33. The van der Waals surface area contributed by atoms with E-state index in [1.54, 1.807) is 6.92 Å². The summed E-state index contributed by atoms with van der Waals surface area (Å²) in [7, 11) is 0. The quantitative estimate of drug-likeness (QED) is 0.842. The number of alkyl halides is 1. The van der Waals surface area contributed by atoms with E-state index in [9.17, 15) is 4.79 Å². The van der Waals surface area contributed by atoms with Crippen LogP contribution in [0.3, 0.4) is 0 Å². The van der Waals surface area contributed by atoms with Crippen LogP contribution in [0.25, 0.3) is 0 Å². The fourth-order valence-electron chi connectivity index (χ4n) is 1.47. The lowest BCUT2D eigenvalue weighted by Gasteiger charge is -2.29. The molecule has 0 aromatic heterocycles. The highest BCUT2D eigenvalue weighted by Crippen LogP contribution is 2.34. The summed E-state index contributed by atoms with van der Waals surface area (Å²) in [6.07, 6.45) is 0. The summed E-state index contributed by atoms with van der Waals surface area (Å²) in [6, 6.07) is 9.26. The number of nitrogens with two attached hydrogens (primary N) is 1. The maximum Gasteiger partial charge on any atom is 0.152 e. The van der Waals surface area contributed by atoms with Crippen molar-refractivity contribution in [3.63, 3.8) is 0 Å². The highest BCUT2D eigenvalue weighted by atomic mass is 79.9. The molecule has 1 rings (SSSR count). The van der Waals surface area contributed by atoms with Crippen LogP contribution in [0.1, 0.15) is 19.4 Å². The van der Waals surface area contributed by atoms with E-state index >= 15 is 0 Å². The largest absolute Gasteiger partial charge is 0.326 e. The topological polar surface area (TPSA) is 43.1 Å². The van der Waals surface area contributed by atoms with Crippen LogP contribution in [0, 0.1) is 0 Å². The highest BCUT2D eigenvalue weighted by molar-refractivity contribution is 9.10. The van der Waals surface area contributed by atoms with Gasteiger partial charge in [-0.05, 0) is 19.4 Å². The van der Waals surface area contributed by atoms with Gasteiger partial charge >= 0.3 is 0 Å². The number of rotatable bonds is 3. The van der Waals surface area contributed by atoms with E-state index in [-0.39, 0.29) is 11.8 Å². The minimum atomic E-state index is -0.756. The summed E-state index contributed by atoms with van der Waals surface area (Å²) in [5, 5.41) is 0. The molecule has 0 bridgehead atoms. The van der Waals surface area contributed by atoms with Gasteiger partial charge in [0.1, 0.15) is 4.32 Å². The van der Waals surface area contributed by atoms with Crippen LogP contribution in [0.15, 0.2) is 30.3 Å². The van der Waals surface area contributed by atoms with Crippen LogP contribution in [-0.4, -0.2) is 11.8 Å². The molecule has 76 valence electrons. The molecule has 2 nitrogen and oxygen atoms in total.